The van der Waals surface area contributed by atoms with Crippen molar-refractivity contribution >= 4 is 0 Å². The summed E-state index contributed by atoms with van der Waals surface area (Å²) in [6.07, 6.45) is 1.61. The van der Waals surface area contributed by atoms with E-state index in [1.54, 1.807) is 0 Å². The van der Waals surface area contributed by atoms with Crippen LogP contribution in [0.15, 0.2) is 18.2 Å². The van der Waals surface area contributed by atoms with Crippen LogP contribution in [0.5, 0.6) is 0 Å². The van der Waals surface area contributed by atoms with Crippen molar-refractivity contribution < 1.29 is 5.11 Å². The van der Waals surface area contributed by atoms with E-state index in [9.17, 15) is 5.11 Å². The topological polar surface area (TPSA) is 46.2 Å². The van der Waals surface area contributed by atoms with Gasteiger partial charge in [0.1, 0.15) is 0 Å². The molecule has 0 bridgehead atoms. The smallest absolute Gasteiger partial charge is 0.0832 e. The van der Waals surface area contributed by atoms with E-state index in [2.05, 4.69) is 26.8 Å². The molecule has 0 aliphatic carbocycles. The first-order valence-corrected chi connectivity index (χ1v) is 6.06. The molecular formula is C14H23NO. The average molecular weight is 221 g/mol. The minimum Gasteiger partial charge on any atom is -0.388 e. The molecule has 0 fully saturated rings. The van der Waals surface area contributed by atoms with E-state index in [1.165, 1.54) is 11.1 Å². The summed E-state index contributed by atoms with van der Waals surface area (Å²) >= 11 is 0. The third-order valence-electron chi connectivity index (χ3n) is 3.37. The fourth-order valence-corrected chi connectivity index (χ4v) is 2.12. The lowest BCUT2D eigenvalue weighted by Crippen LogP contribution is -2.22. The van der Waals surface area contributed by atoms with Crippen LogP contribution in [0.2, 0.25) is 0 Å². The van der Waals surface area contributed by atoms with Crippen LogP contribution in [0.1, 0.15) is 42.6 Å². The summed E-state index contributed by atoms with van der Waals surface area (Å²) < 4.78 is 0. The summed E-state index contributed by atoms with van der Waals surface area (Å²) in [5, 5.41) is 10.3. The predicted molar refractivity (Wildman–Crippen MR) is 68.3 cm³/mol. The van der Waals surface area contributed by atoms with Crippen LogP contribution in [-0.2, 0) is 0 Å². The van der Waals surface area contributed by atoms with Gasteiger partial charge in [-0.05, 0) is 43.5 Å². The molecule has 0 aliphatic heterocycles. The second kappa shape index (κ2) is 6.02. The molecule has 0 amide bonds. The maximum absolute atomic E-state index is 10.3. The Morgan fingerprint density at radius 3 is 2.56 bits per heavy atom. The number of benzene rings is 1. The van der Waals surface area contributed by atoms with Crippen molar-refractivity contribution in [3.8, 4) is 0 Å². The van der Waals surface area contributed by atoms with Gasteiger partial charge in [-0.25, -0.2) is 0 Å². The Kier molecular flexibility index (Phi) is 4.97. The molecule has 0 heterocycles. The van der Waals surface area contributed by atoms with Gasteiger partial charge in [-0.1, -0.05) is 31.5 Å². The Balaban J connectivity index is 2.94. The van der Waals surface area contributed by atoms with Crippen LogP contribution in [0.4, 0.5) is 0 Å². The van der Waals surface area contributed by atoms with Gasteiger partial charge in [0.05, 0.1) is 6.10 Å². The first-order valence-electron chi connectivity index (χ1n) is 6.06. The lowest BCUT2D eigenvalue weighted by Gasteiger charge is -2.23. The number of hydrogen-bond acceptors (Lipinski definition) is 2. The molecule has 2 nitrogen and oxygen atoms in total. The number of aliphatic hydroxyl groups excluding tert-OH is 1. The molecule has 90 valence electrons. The zero-order valence-electron chi connectivity index (χ0n) is 10.5. The Labute approximate surface area is 98.5 Å². The molecule has 0 saturated carbocycles. The molecule has 2 unspecified atom stereocenters. The van der Waals surface area contributed by atoms with E-state index in [0.717, 1.165) is 18.4 Å². The van der Waals surface area contributed by atoms with Crippen LogP contribution in [0.3, 0.4) is 0 Å². The highest BCUT2D eigenvalue weighted by molar-refractivity contribution is 5.34. The summed E-state index contributed by atoms with van der Waals surface area (Å²) in [6, 6.07) is 6.08. The lowest BCUT2D eigenvalue weighted by atomic mass is 9.88. The van der Waals surface area contributed by atoms with Crippen LogP contribution >= 0.6 is 0 Å². The third-order valence-corrected chi connectivity index (χ3v) is 3.37. The Morgan fingerprint density at radius 2 is 2.00 bits per heavy atom. The molecule has 0 saturated heterocycles. The fourth-order valence-electron chi connectivity index (χ4n) is 2.12. The van der Waals surface area contributed by atoms with E-state index < -0.39 is 6.10 Å². The first-order chi connectivity index (χ1) is 7.61. The van der Waals surface area contributed by atoms with Crippen LogP contribution in [-0.4, -0.2) is 11.7 Å². The molecule has 0 aliphatic rings. The van der Waals surface area contributed by atoms with Gasteiger partial charge in [0.15, 0.2) is 0 Å². The summed E-state index contributed by atoms with van der Waals surface area (Å²) in [4.78, 5) is 0. The van der Waals surface area contributed by atoms with Crippen molar-refractivity contribution in [1.29, 1.82) is 0 Å². The van der Waals surface area contributed by atoms with Gasteiger partial charge in [-0.3, -0.25) is 0 Å². The van der Waals surface area contributed by atoms with Crippen molar-refractivity contribution in [3.05, 3.63) is 34.9 Å². The van der Waals surface area contributed by atoms with Crippen LogP contribution in [0.25, 0.3) is 0 Å². The standard InChI is InChI=1S/C14H23NO/c1-4-6-12(9-15)14(16)13-8-5-7-10(2)11(13)3/h5,7-8,12,14,16H,4,6,9,15H2,1-3H3. The van der Waals surface area contributed by atoms with Gasteiger partial charge in [-0.15, -0.1) is 0 Å². The minimum atomic E-state index is -0.426. The summed E-state index contributed by atoms with van der Waals surface area (Å²) in [7, 11) is 0. The highest BCUT2D eigenvalue weighted by atomic mass is 16.3. The summed E-state index contributed by atoms with van der Waals surface area (Å²) in [5.41, 5.74) is 9.17. The van der Waals surface area contributed by atoms with E-state index >= 15 is 0 Å². The van der Waals surface area contributed by atoms with Crippen LogP contribution < -0.4 is 5.73 Å². The Hall–Kier alpha value is -0.860. The zero-order chi connectivity index (χ0) is 12.1. The number of hydrogen-bond donors (Lipinski definition) is 2. The summed E-state index contributed by atoms with van der Waals surface area (Å²) in [5.74, 6) is 0.172. The molecule has 1 rings (SSSR count). The maximum Gasteiger partial charge on any atom is 0.0832 e. The molecule has 1 aromatic rings. The monoisotopic (exact) mass is 221 g/mol. The molecule has 2 atom stereocenters. The van der Waals surface area contributed by atoms with Crippen molar-refractivity contribution in [2.75, 3.05) is 6.54 Å². The minimum absolute atomic E-state index is 0.172. The molecular weight excluding hydrogens is 198 g/mol. The van der Waals surface area contributed by atoms with Crippen LogP contribution in [0, 0.1) is 19.8 Å². The average Bonchev–Trinajstić information content (AvgIpc) is 2.29. The van der Waals surface area contributed by atoms with Crippen molar-refractivity contribution in [3.63, 3.8) is 0 Å². The van der Waals surface area contributed by atoms with Crippen molar-refractivity contribution in [1.82, 2.24) is 0 Å². The first kappa shape index (κ1) is 13.2. The normalized spacial score (nSPS) is 14.8. The van der Waals surface area contributed by atoms with Gasteiger partial charge in [0, 0.05) is 5.92 Å². The third kappa shape index (κ3) is 2.83. The van der Waals surface area contributed by atoms with Gasteiger partial charge in [-0.2, -0.15) is 0 Å². The summed E-state index contributed by atoms with van der Waals surface area (Å²) in [6.45, 7) is 6.80. The van der Waals surface area contributed by atoms with E-state index in [4.69, 9.17) is 5.73 Å². The second-order valence-corrected chi connectivity index (χ2v) is 4.52. The molecule has 2 heteroatoms. The Bertz CT molecular complexity index is 336. The molecule has 0 spiro atoms. The Morgan fingerprint density at radius 1 is 1.31 bits per heavy atom. The number of nitrogens with two attached hydrogens (primary N) is 1. The van der Waals surface area contributed by atoms with E-state index in [1.807, 2.05) is 12.1 Å². The number of aryl methyl sites for hydroxylation is 1. The molecule has 16 heavy (non-hydrogen) atoms. The molecule has 0 aromatic heterocycles. The van der Waals surface area contributed by atoms with Gasteiger partial charge in [0.25, 0.3) is 0 Å². The lowest BCUT2D eigenvalue weighted by molar-refractivity contribution is 0.106. The highest BCUT2D eigenvalue weighted by Gasteiger charge is 2.20. The molecule has 0 radical (unpaired) electrons. The number of aliphatic hydroxyl groups is 1. The van der Waals surface area contributed by atoms with Gasteiger partial charge in [0.2, 0.25) is 0 Å². The highest BCUT2D eigenvalue weighted by Crippen LogP contribution is 2.28. The van der Waals surface area contributed by atoms with Gasteiger partial charge >= 0.3 is 0 Å². The van der Waals surface area contributed by atoms with Crippen molar-refractivity contribution in [2.45, 2.75) is 39.7 Å². The SMILES string of the molecule is CCCC(CN)C(O)c1cccc(C)c1C. The predicted octanol–water partition coefficient (Wildman–Crippen LogP) is 2.71. The van der Waals surface area contributed by atoms with Crippen molar-refractivity contribution in [2.24, 2.45) is 11.7 Å². The largest absolute Gasteiger partial charge is 0.388 e. The number of rotatable bonds is 5. The van der Waals surface area contributed by atoms with Gasteiger partial charge < -0.3 is 10.8 Å². The van der Waals surface area contributed by atoms with E-state index in [-0.39, 0.29) is 5.92 Å². The molecule has 1 aromatic carbocycles. The quantitative estimate of drug-likeness (QED) is 0.803. The second-order valence-electron chi connectivity index (χ2n) is 4.52. The molecule has 3 N–H and O–H groups in total. The fraction of sp³-hybridized carbons (Fsp3) is 0.571. The zero-order valence-corrected chi connectivity index (χ0v) is 10.5. The maximum atomic E-state index is 10.3. The van der Waals surface area contributed by atoms with E-state index in [0.29, 0.717) is 6.54 Å².